The van der Waals surface area contributed by atoms with E-state index in [1.54, 1.807) is 12.0 Å². The van der Waals surface area contributed by atoms with Crippen molar-refractivity contribution in [3.63, 3.8) is 0 Å². The van der Waals surface area contributed by atoms with Crippen molar-refractivity contribution in [2.75, 3.05) is 25.2 Å². The lowest BCUT2D eigenvalue weighted by atomic mass is 10.2. The zero-order chi connectivity index (χ0) is 15.5. The molecule has 2 aromatic rings. The first-order valence-electron chi connectivity index (χ1n) is 7.02. The second kappa shape index (κ2) is 6.50. The van der Waals surface area contributed by atoms with Crippen LogP contribution >= 0.6 is 15.9 Å². The molecule has 0 N–H and O–H groups in total. The fourth-order valence-electron chi connectivity index (χ4n) is 2.51. The maximum atomic E-state index is 12.4. The third-order valence-electron chi connectivity index (χ3n) is 3.51. The summed E-state index contributed by atoms with van der Waals surface area (Å²) in [5, 5.41) is 0. The Hall–Kier alpha value is -1.85. The van der Waals surface area contributed by atoms with Gasteiger partial charge < -0.3 is 9.47 Å². The second-order valence-corrected chi connectivity index (χ2v) is 5.93. The van der Waals surface area contributed by atoms with Crippen molar-refractivity contribution >= 4 is 33.2 Å². The molecular formula is C17H16BrNO3. The summed E-state index contributed by atoms with van der Waals surface area (Å²) in [6.45, 7) is 1.01. The van der Waals surface area contributed by atoms with Gasteiger partial charge in [-0.25, -0.2) is 0 Å². The lowest BCUT2D eigenvalue weighted by Crippen LogP contribution is -2.20. The topological polar surface area (TPSA) is 38.8 Å². The van der Waals surface area contributed by atoms with Gasteiger partial charge in [-0.3, -0.25) is 9.69 Å². The average Bonchev–Trinajstić information content (AvgIpc) is 2.83. The van der Waals surface area contributed by atoms with E-state index in [1.165, 1.54) is 0 Å². The number of carbonyl (C=O) groups excluding carboxylic acids is 1. The fraction of sp³-hybridized carbons (Fsp3) is 0.235. The smallest absolute Gasteiger partial charge is 0.236 e. The fourth-order valence-corrected chi connectivity index (χ4v) is 2.86. The van der Waals surface area contributed by atoms with Crippen LogP contribution in [-0.4, -0.2) is 26.2 Å². The van der Waals surface area contributed by atoms with Gasteiger partial charge in [0.25, 0.3) is 0 Å². The molecule has 22 heavy (non-hydrogen) atoms. The lowest BCUT2D eigenvalue weighted by Gasteiger charge is -2.19. The molecule has 0 fully saturated rings. The van der Waals surface area contributed by atoms with Crippen LogP contribution in [-0.2, 0) is 16.0 Å². The number of carbonyl (C=O) groups is 1. The molecule has 0 unspecified atom stereocenters. The standard InChI is InChI=1S/C17H16BrNO3/c1-21-7-8-22-15-4-2-3-14(11-15)19-16-10-13(18)6-5-12(16)9-17(19)20/h2-6,10-11H,7-9H2,1H3. The molecule has 0 atom stereocenters. The van der Waals surface area contributed by atoms with Gasteiger partial charge in [0.2, 0.25) is 5.91 Å². The van der Waals surface area contributed by atoms with Crippen molar-refractivity contribution in [1.29, 1.82) is 0 Å². The van der Waals surface area contributed by atoms with Gasteiger partial charge in [0.05, 0.1) is 24.4 Å². The molecule has 1 amide bonds. The van der Waals surface area contributed by atoms with Gasteiger partial charge in [-0.1, -0.05) is 28.1 Å². The van der Waals surface area contributed by atoms with E-state index in [9.17, 15) is 4.79 Å². The van der Waals surface area contributed by atoms with E-state index in [4.69, 9.17) is 9.47 Å². The van der Waals surface area contributed by atoms with Crippen LogP contribution in [0.4, 0.5) is 11.4 Å². The Kier molecular flexibility index (Phi) is 4.45. The Morgan fingerprint density at radius 3 is 2.86 bits per heavy atom. The number of ether oxygens (including phenoxy) is 2. The third-order valence-corrected chi connectivity index (χ3v) is 4.00. The third kappa shape index (κ3) is 3.00. The Morgan fingerprint density at radius 1 is 1.18 bits per heavy atom. The molecule has 5 heteroatoms. The molecule has 0 radical (unpaired) electrons. The number of nitrogens with zero attached hydrogens (tertiary/aromatic N) is 1. The molecule has 2 aromatic carbocycles. The molecule has 114 valence electrons. The van der Waals surface area contributed by atoms with Crippen molar-refractivity contribution in [1.82, 2.24) is 0 Å². The van der Waals surface area contributed by atoms with Crippen LogP contribution in [0.5, 0.6) is 5.75 Å². The Balaban J connectivity index is 1.90. The Morgan fingerprint density at radius 2 is 2.05 bits per heavy atom. The van der Waals surface area contributed by atoms with Crippen LogP contribution in [0.3, 0.4) is 0 Å². The van der Waals surface area contributed by atoms with Gasteiger partial charge in [0, 0.05) is 17.6 Å². The highest BCUT2D eigenvalue weighted by Gasteiger charge is 2.28. The van der Waals surface area contributed by atoms with Gasteiger partial charge in [-0.15, -0.1) is 0 Å². The van der Waals surface area contributed by atoms with E-state index >= 15 is 0 Å². The molecule has 0 saturated carbocycles. The van der Waals surface area contributed by atoms with Crippen molar-refractivity contribution in [3.05, 3.63) is 52.5 Å². The lowest BCUT2D eigenvalue weighted by molar-refractivity contribution is -0.116. The summed E-state index contributed by atoms with van der Waals surface area (Å²) in [4.78, 5) is 14.1. The summed E-state index contributed by atoms with van der Waals surface area (Å²) in [6, 6.07) is 13.5. The van der Waals surface area contributed by atoms with E-state index in [-0.39, 0.29) is 5.91 Å². The summed E-state index contributed by atoms with van der Waals surface area (Å²) >= 11 is 3.46. The molecule has 3 rings (SSSR count). The maximum Gasteiger partial charge on any atom is 0.236 e. The zero-order valence-corrected chi connectivity index (χ0v) is 13.8. The van der Waals surface area contributed by atoms with Crippen LogP contribution < -0.4 is 9.64 Å². The van der Waals surface area contributed by atoms with E-state index in [2.05, 4.69) is 15.9 Å². The molecular weight excluding hydrogens is 346 g/mol. The normalized spacial score (nSPS) is 13.4. The maximum absolute atomic E-state index is 12.4. The van der Waals surface area contributed by atoms with Crippen molar-refractivity contribution in [2.45, 2.75) is 6.42 Å². The number of hydrogen-bond acceptors (Lipinski definition) is 3. The minimum absolute atomic E-state index is 0.0714. The van der Waals surface area contributed by atoms with Crippen LogP contribution in [0, 0.1) is 0 Å². The van der Waals surface area contributed by atoms with Gasteiger partial charge >= 0.3 is 0 Å². The molecule has 0 aromatic heterocycles. The molecule has 0 aliphatic carbocycles. The van der Waals surface area contributed by atoms with Gasteiger partial charge in [-0.05, 0) is 29.8 Å². The second-order valence-electron chi connectivity index (χ2n) is 5.02. The Labute approximate surface area is 137 Å². The van der Waals surface area contributed by atoms with E-state index in [0.29, 0.717) is 19.6 Å². The first kappa shape index (κ1) is 15.1. The quantitative estimate of drug-likeness (QED) is 0.762. The number of methoxy groups -OCH3 is 1. The average molecular weight is 362 g/mol. The number of rotatable bonds is 5. The number of amides is 1. The minimum Gasteiger partial charge on any atom is -0.491 e. The molecule has 1 heterocycles. The van der Waals surface area contributed by atoms with Crippen LogP contribution in [0.2, 0.25) is 0 Å². The van der Waals surface area contributed by atoms with Gasteiger partial charge in [0.1, 0.15) is 12.4 Å². The SMILES string of the molecule is COCCOc1cccc(N2C(=O)Cc3ccc(Br)cc32)c1. The molecule has 1 aliphatic rings. The summed E-state index contributed by atoms with van der Waals surface area (Å²) in [6.07, 6.45) is 0.428. The highest BCUT2D eigenvalue weighted by atomic mass is 79.9. The summed E-state index contributed by atoms with van der Waals surface area (Å²) < 4.78 is 11.6. The van der Waals surface area contributed by atoms with Gasteiger partial charge in [0.15, 0.2) is 0 Å². The van der Waals surface area contributed by atoms with Crippen molar-refractivity contribution < 1.29 is 14.3 Å². The summed E-state index contributed by atoms with van der Waals surface area (Å²) in [7, 11) is 1.64. The number of hydrogen-bond donors (Lipinski definition) is 0. The minimum atomic E-state index is 0.0714. The highest BCUT2D eigenvalue weighted by Crippen LogP contribution is 2.38. The molecule has 1 aliphatic heterocycles. The Bertz CT molecular complexity index is 702. The monoisotopic (exact) mass is 361 g/mol. The van der Waals surface area contributed by atoms with Crippen molar-refractivity contribution in [3.8, 4) is 5.75 Å². The van der Waals surface area contributed by atoms with Gasteiger partial charge in [-0.2, -0.15) is 0 Å². The molecule has 0 bridgehead atoms. The number of halogens is 1. The molecule has 0 saturated heterocycles. The molecule has 4 nitrogen and oxygen atoms in total. The largest absolute Gasteiger partial charge is 0.491 e. The molecule has 0 spiro atoms. The zero-order valence-electron chi connectivity index (χ0n) is 12.2. The van der Waals surface area contributed by atoms with Crippen LogP contribution in [0.15, 0.2) is 46.9 Å². The predicted octanol–water partition coefficient (Wildman–Crippen LogP) is 3.70. The van der Waals surface area contributed by atoms with Crippen molar-refractivity contribution in [2.24, 2.45) is 0 Å². The number of benzene rings is 2. The predicted molar refractivity (Wildman–Crippen MR) is 88.8 cm³/mol. The number of anilines is 2. The summed E-state index contributed by atoms with van der Waals surface area (Å²) in [5.41, 5.74) is 2.78. The summed E-state index contributed by atoms with van der Waals surface area (Å²) in [5.74, 6) is 0.799. The van der Waals surface area contributed by atoms with E-state index < -0.39 is 0 Å². The van der Waals surface area contributed by atoms with Crippen LogP contribution in [0.1, 0.15) is 5.56 Å². The first-order chi connectivity index (χ1) is 10.7. The van der Waals surface area contributed by atoms with E-state index in [0.717, 1.165) is 27.2 Å². The highest BCUT2D eigenvalue weighted by molar-refractivity contribution is 9.10. The van der Waals surface area contributed by atoms with Crippen LogP contribution in [0.25, 0.3) is 0 Å². The first-order valence-corrected chi connectivity index (χ1v) is 7.81. The van der Waals surface area contributed by atoms with E-state index in [1.807, 2.05) is 42.5 Å². The number of fused-ring (bicyclic) bond motifs is 1.